The van der Waals surface area contributed by atoms with Crippen molar-refractivity contribution >= 4 is 16.8 Å². The average molecular weight is 197 g/mol. The van der Waals surface area contributed by atoms with Crippen LogP contribution in [0, 0.1) is 6.92 Å². The number of fused-ring (bicyclic) bond motifs is 1. The number of pyridine rings is 1. The summed E-state index contributed by atoms with van der Waals surface area (Å²) in [4.78, 5) is 4.46. The maximum absolute atomic E-state index is 4.46. The van der Waals surface area contributed by atoms with E-state index in [9.17, 15) is 0 Å². The molecule has 0 fully saturated rings. The van der Waals surface area contributed by atoms with Gasteiger partial charge in [0.1, 0.15) is 0 Å². The number of aryl methyl sites for hydroxylation is 2. The summed E-state index contributed by atoms with van der Waals surface area (Å²) in [6, 6.07) is 8.66. The van der Waals surface area contributed by atoms with Gasteiger partial charge in [-0.15, -0.1) is 0 Å². The van der Waals surface area contributed by atoms with Gasteiger partial charge in [-0.1, -0.05) is 31.7 Å². The number of benzene rings is 1. The number of hydrogen-bond acceptors (Lipinski definition) is 1. The minimum absolute atomic E-state index is 0.979. The molecule has 1 aromatic carbocycles. The van der Waals surface area contributed by atoms with Crippen molar-refractivity contribution in [2.75, 3.05) is 0 Å². The molecule has 0 aliphatic rings. The molecule has 2 aromatic rings. The molecular formula is C14H15N. The van der Waals surface area contributed by atoms with Crippen LogP contribution in [0.5, 0.6) is 0 Å². The first-order valence-corrected chi connectivity index (χ1v) is 5.27. The van der Waals surface area contributed by atoms with E-state index in [1.165, 1.54) is 16.3 Å². The van der Waals surface area contributed by atoms with Crippen molar-refractivity contribution in [3.8, 4) is 0 Å². The lowest BCUT2D eigenvalue weighted by molar-refractivity contribution is 1.14. The van der Waals surface area contributed by atoms with Crippen LogP contribution in [0.2, 0.25) is 0 Å². The van der Waals surface area contributed by atoms with Crippen molar-refractivity contribution in [2.24, 2.45) is 0 Å². The molecule has 2 rings (SSSR count). The van der Waals surface area contributed by atoms with Gasteiger partial charge in [0.2, 0.25) is 0 Å². The average Bonchev–Trinajstić information content (AvgIpc) is 2.26. The van der Waals surface area contributed by atoms with Crippen molar-refractivity contribution in [1.82, 2.24) is 4.98 Å². The maximum atomic E-state index is 4.46. The molecule has 1 heterocycles. The van der Waals surface area contributed by atoms with E-state index in [1.54, 1.807) is 0 Å². The van der Waals surface area contributed by atoms with Crippen LogP contribution in [0.25, 0.3) is 16.8 Å². The Balaban J connectivity index is 2.77. The number of nitrogens with zero attached hydrogens (tertiary/aromatic N) is 1. The first-order chi connectivity index (χ1) is 7.24. The van der Waals surface area contributed by atoms with Gasteiger partial charge in [0.15, 0.2) is 0 Å². The Morgan fingerprint density at radius 3 is 2.80 bits per heavy atom. The lowest BCUT2D eigenvalue weighted by atomic mass is 10.0. The summed E-state index contributed by atoms with van der Waals surface area (Å²) in [7, 11) is 0. The predicted molar refractivity (Wildman–Crippen MR) is 65.9 cm³/mol. The normalized spacial score (nSPS) is 10.5. The number of aromatic nitrogens is 1. The van der Waals surface area contributed by atoms with Crippen LogP contribution >= 0.6 is 0 Å². The van der Waals surface area contributed by atoms with Gasteiger partial charge in [-0.25, -0.2) is 0 Å². The summed E-state index contributed by atoms with van der Waals surface area (Å²) in [5, 5.41) is 2.45. The Kier molecular flexibility index (Phi) is 2.55. The van der Waals surface area contributed by atoms with Crippen molar-refractivity contribution in [1.29, 1.82) is 0 Å². The molecule has 0 atom stereocenters. The molecule has 0 radical (unpaired) electrons. The lowest BCUT2D eigenvalue weighted by Crippen LogP contribution is -1.89. The summed E-state index contributed by atoms with van der Waals surface area (Å²) in [5.41, 5.74) is 3.39. The highest BCUT2D eigenvalue weighted by Crippen LogP contribution is 2.21. The van der Waals surface area contributed by atoms with Crippen LogP contribution in [-0.2, 0) is 6.42 Å². The van der Waals surface area contributed by atoms with Gasteiger partial charge in [0, 0.05) is 11.1 Å². The zero-order chi connectivity index (χ0) is 10.8. The fraction of sp³-hybridized carbons (Fsp3) is 0.214. The van der Waals surface area contributed by atoms with E-state index in [0.29, 0.717) is 0 Å². The summed E-state index contributed by atoms with van der Waals surface area (Å²) in [6.45, 7) is 7.99. The van der Waals surface area contributed by atoms with Gasteiger partial charge in [0.25, 0.3) is 0 Å². The van der Waals surface area contributed by atoms with Gasteiger partial charge in [0.05, 0.1) is 5.69 Å². The molecule has 0 N–H and O–H groups in total. The van der Waals surface area contributed by atoms with Crippen molar-refractivity contribution < 1.29 is 0 Å². The molecule has 0 aliphatic carbocycles. The standard InChI is InChI=1S/C14H15N/c1-4-11-6-7-13-12(9-11)8-10(3)15-14(13)5-2/h5-9H,2,4H2,1,3H3. The highest BCUT2D eigenvalue weighted by atomic mass is 14.7. The van der Waals surface area contributed by atoms with Crippen molar-refractivity contribution in [3.05, 3.63) is 47.8 Å². The maximum Gasteiger partial charge on any atom is 0.0705 e. The zero-order valence-corrected chi connectivity index (χ0v) is 9.25. The van der Waals surface area contributed by atoms with E-state index >= 15 is 0 Å². The molecule has 0 spiro atoms. The van der Waals surface area contributed by atoms with E-state index in [4.69, 9.17) is 0 Å². The van der Waals surface area contributed by atoms with Crippen molar-refractivity contribution in [3.63, 3.8) is 0 Å². The summed E-state index contributed by atoms with van der Waals surface area (Å²) < 4.78 is 0. The smallest absolute Gasteiger partial charge is 0.0705 e. The first kappa shape index (κ1) is 9.91. The van der Waals surface area contributed by atoms with E-state index < -0.39 is 0 Å². The first-order valence-electron chi connectivity index (χ1n) is 5.27. The van der Waals surface area contributed by atoms with Gasteiger partial charge in [-0.2, -0.15) is 0 Å². The third kappa shape index (κ3) is 1.78. The molecule has 1 heteroatoms. The Bertz CT molecular complexity index is 512. The predicted octanol–water partition coefficient (Wildman–Crippen LogP) is 3.75. The largest absolute Gasteiger partial charge is 0.253 e. The van der Waals surface area contributed by atoms with E-state index in [1.807, 2.05) is 13.0 Å². The Morgan fingerprint density at radius 2 is 2.13 bits per heavy atom. The van der Waals surface area contributed by atoms with E-state index in [2.05, 4.69) is 42.8 Å². The highest BCUT2D eigenvalue weighted by molar-refractivity contribution is 5.89. The summed E-state index contributed by atoms with van der Waals surface area (Å²) in [6.07, 6.45) is 2.89. The fourth-order valence-corrected chi connectivity index (χ4v) is 1.85. The van der Waals surface area contributed by atoms with Crippen LogP contribution in [0.1, 0.15) is 23.9 Å². The Morgan fingerprint density at radius 1 is 1.33 bits per heavy atom. The van der Waals surface area contributed by atoms with Crippen LogP contribution in [0.15, 0.2) is 30.8 Å². The summed E-state index contributed by atoms with van der Waals surface area (Å²) in [5.74, 6) is 0. The highest BCUT2D eigenvalue weighted by Gasteiger charge is 2.01. The van der Waals surface area contributed by atoms with E-state index in [-0.39, 0.29) is 0 Å². The van der Waals surface area contributed by atoms with Crippen LogP contribution < -0.4 is 0 Å². The van der Waals surface area contributed by atoms with Crippen LogP contribution in [0.4, 0.5) is 0 Å². The van der Waals surface area contributed by atoms with Gasteiger partial charge >= 0.3 is 0 Å². The summed E-state index contributed by atoms with van der Waals surface area (Å²) >= 11 is 0. The molecule has 0 unspecified atom stereocenters. The SMILES string of the molecule is C=Cc1nc(C)cc2cc(CC)ccc12. The molecule has 76 valence electrons. The Hall–Kier alpha value is -1.63. The van der Waals surface area contributed by atoms with Crippen LogP contribution in [0.3, 0.4) is 0 Å². The third-order valence-corrected chi connectivity index (χ3v) is 2.65. The monoisotopic (exact) mass is 197 g/mol. The molecule has 0 bridgehead atoms. The fourth-order valence-electron chi connectivity index (χ4n) is 1.85. The second-order valence-corrected chi connectivity index (χ2v) is 3.76. The minimum atomic E-state index is 0.979. The van der Waals surface area contributed by atoms with Crippen molar-refractivity contribution in [2.45, 2.75) is 20.3 Å². The lowest BCUT2D eigenvalue weighted by Gasteiger charge is -2.05. The number of hydrogen-bond donors (Lipinski definition) is 0. The van der Waals surface area contributed by atoms with E-state index in [0.717, 1.165) is 17.8 Å². The topological polar surface area (TPSA) is 12.9 Å². The molecular weight excluding hydrogens is 182 g/mol. The van der Waals surface area contributed by atoms with Crippen LogP contribution in [-0.4, -0.2) is 4.98 Å². The molecule has 15 heavy (non-hydrogen) atoms. The van der Waals surface area contributed by atoms with Gasteiger partial charge in [-0.3, -0.25) is 4.98 Å². The molecule has 1 nitrogen and oxygen atoms in total. The second kappa shape index (κ2) is 3.85. The number of rotatable bonds is 2. The molecule has 0 saturated carbocycles. The third-order valence-electron chi connectivity index (χ3n) is 2.65. The minimum Gasteiger partial charge on any atom is -0.253 e. The molecule has 0 aliphatic heterocycles. The second-order valence-electron chi connectivity index (χ2n) is 3.76. The Labute approximate surface area is 90.5 Å². The van der Waals surface area contributed by atoms with Gasteiger partial charge in [-0.05, 0) is 36.4 Å². The van der Waals surface area contributed by atoms with Gasteiger partial charge < -0.3 is 0 Å². The quantitative estimate of drug-likeness (QED) is 0.714. The molecule has 0 saturated heterocycles. The molecule has 0 amide bonds. The zero-order valence-electron chi connectivity index (χ0n) is 9.25. The molecule has 1 aromatic heterocycles.